The Labute approximate surface area is 113 Å². The molecule has 0 bridgehead atoms. The molecule has 3 rings (SSSR count). The van der Waals surface area contributed by atoms with Crippen LogP contribution in [0.1, 0.15) is 24.8 Å². The van der Waals surface area contributed by atoms with Gasteiger partial charge in [0.2, 0.25) is 0 Å². The van der Waals surface area contributed by atoms with Crippen molar-refractivity contribution in [3.05, 3.63) is 23.8 Å². The minimum absolute atomic E-state index is 0.254. The Balaban J connectivity index is 1.57. The fraction of sp³-hybridized carbons (Fsp3) is 0.600. The largest absolute Gasteiger partial charge is 0.486 e. The van der Waals surface area contributed by atoms with Gasteiger partial charge in [0.05, 0.1) is 6.10 Å². The molecule has 1 saturated heterocycles. The maximum atomic E-state index is 10.1. The number of nitrogens with one attached hydrogen (secondary N) is 1. The van der Waals surface area contributed by atoms with E-state index in [2.05, 4.69) is 11.4 Å². The number of benzene rings is 1. The molecular formula is C15H21NO3. The number of fused-ring (bicyclic) bond motifs is 1. The summed E-state index contributed by atoms with van der Waals surface area (Å²) in [6.45, 7) is 2.27. The van der Waals surface area contributed by atoms with Gasteiger partial charge in [-0.2, -0.15) is 0 Å². The molecule has 0 saturated carbocycles. The average Bonchev–Trinajstić information content (AvgIpc) is 2.99. The lowest BCUT2D eigenvalue weighted by Gasteiger charge is -2.20. The number of hydrogen-bond donors (Lipinski definition) is 2. The first-order valence-corrected chi connectivity index (χ1v) is 7.13. The van der Waals surface area contributed by atoms with Crippen molar-refractivity contribution in [3.8, 4) is 11.5 Å². The molecule has 2 heterocycles. The third-order valence-corrected chi connectivity index (χ3v) is 3.90. The number of aryl methyl sites for hydroxylation is 1. The number of rotatable bonds is 4. The highest BCUT2D eigenvalue weighted by Gasteiger charge is 2.22. The zero-order valence-electron chi connectivity index (χ0n) is 11.1. The summed E-state index contributed by atoms with van der Waals surface area (Å²) in [5.74, 6) is 1.66. The van der Waals surface area contributed by atoms with Crippen LogP contribution in [0.3, 0.4) is 0 Å². The van der Waals surface area contributed by atoms with E-state index < -0.39 is 0 Å². The lowest BCUT2D eigenvalue weighted by atomic mass is 10.0. The van der Waals surface area contributed by atoms with Gasteiger partial charge in [-0.3, -0.25) is 0 Å². The molecule has 0 spiro atoms. The maximum absolute atomic E-state index is 10.1. The van der Waals surface area contributed by atoms with Gasteiger partial charge in [-0.05, 0) is 49.9 Å². The van der Waals surface area contributed by atoms with E-state index in [0.29, 0.717) is 13.2 Å². The molecule has 2 aliphatic heterocycles. The van der Waals surface area contributed by atoms with Crippen molar-refractivity contribution in [2.75, 3.05) is 19.8 Å². The second-order valence-corrected chi connectivity index (χ2v) is 5.29. The number of hydrogen-bond acceptors (Lipinski definition) is 4. The van der Waals surface area contributed by atoms with Crippen molar-refractivity contribution in [2.45, 2.75) is 37.8 Å². The van der Waals surface area contributed by atoms with Gasteiger partial charge in [0.1, 0.15) is 13.2 Å². The molecule has 1 fully saturated rings. The Morgan fingerprint density at radius 1 is 1.26 bits per heavy atom. The Morgan fingerprint density at radius 2 is 2.11 bits per heavy atom. The SMILES string of the molecule is OC(CCc1ccc2c(c1)OCCO2)C1CCCN1. The van der Waals surface area contributed by atoms with Crippen LogP contribution >= 0.6 is 0 Å². The van der Waals surface area contributed by atoms with E-state index >= 15 is 0 Å². The molecule has 0 aromatic heterocycles. The van der Waals surface area contributed by atoms with Gasteiger partial charge in [0.15, 0.2) is 11.5 Å². The Kier molecular flexibility index (Phi) is 3.89. The molecule has 2 atom stereocenters. The number of aliphatic hydroxyl groups excluding tert-OH is 1. The zero-order valence-corrected chi connectivity index (χ0v) is 11.1. The summed E-state index contributed by atoms with van der Waals surface area (Å²) in [6.07, 6.45) is 3.66. The van der Waals surface area contributed by atoms with Crippen LogP contribution in [-0.4, -0.2) is 37.0 Å². The topological polar surface area (TPSA) is 50.7 Å². The van der Waals surface area contributed by atoms with Gasteiger partial charge >= 0.3 is 0 Å². The minimum atomic E-state index is -0.254. The van der Waals surface area contributed by atoms with E-state index in [1.165, 1.54) is 12.0 Å². The highest BCUT2D eigenvalue weighted by atomic mass is 16.6. The monoisotopic (exact) mass is 263 g/mol. The second kappa shape index (κ2) is 5.80. The smallest absolute Gasteiger partial charge is 0.161 e. The molecule has 0 amide bonds. The van der Waals surface area contributed by atoms with Crippen LogP contribution in [-0.2, 0) is 6.42 Å². The van der Waals surface area contributed by atoms with Gasteiger partial charge in [-0.1, -0.05) is 6.07 Å². The van der Waals surface area contributed by atoms with E-state index in [9.17, 15) is 5.11 Å². The summed E-state index contributed by atoms with van der Waals surface area (Å²) in [5, 5.41) is 13.5. The van der Waals surface area contributed by atoms with Crippen molar-refractivity contribution in [1.29, 1.82) is 0 Å². The van der Waals surface area contributed by atoms with E-state index in [4.69, 9.17) is 9.47 Å². The molecule has 1 aromatic carbocycles. The molecule has 2 unspecified atom stereocenters. The summed E-state index contributed by atoms with van der Waals surface area (Å²) in [7, 11) is 0. The predicted octanol–water partition coefficient (Wildman–Crippen LogP) is 1.50. The van der Waals surface area contributed by atoms with E-state index in [1.54, 1.807) is 0 Å². The van der Waals surface area contributed by atoms with Gasteiger partial charge in [0.25, 0.3) is 0 Å². The fourth-order valence-electron chi connectivity index (χ4n) is 2.80. The first kappa shape index (κ1) is 12.8. The highest BCUT2D eigenvalue weighted by Crippen LogP contribution is 2.31. The summed E-state index contributed by atoms with van der Waals surface area (Å²) < 4.78 is 11.1. The Morgan fingerprint density at radius 3 is 2.89 bits per heavy atom. The summed E-state index contributed by atoms with van der Waals surface area (Å²) in [4.78, 5) is 0. The van der Waals surface area contributed by atoms with Crippen molar-refractivity contribution < 1.29 is 14.6 Å². The zero-order chi connectivity index (χ0) is 13.1. The van der Waals surface area contributed by atoms with E-state index in [-0.39, 0.29) is 12.1 Å². The number of ether oxygens (including phenoxy) is 2. The third kappa shape index (κ3) is 3.01. The number of aliphatic hydroxyl groups is 1. The van der Waals surface area contributed by atoms with E-state index in [0.717, 1.165) is 37.3 Å². The van der Waals surface area contributed by atoms with Crippen LogP contribution in [0.5, 0.6) is 11.5 Å². The summed E-state index contributed by atoms with van der Waals surface area (Å²) in [6, 6.07) is 6.33. The summed E-state index contributed by atoms with van der Waals surface area (Å²) >= 11 is 0. The molecule has 19 heavy (non-hydrogen) atoms. The fourth-order valence-corrected chi connectivity index (χ4v) is 2.80. The highest BCUT2D eigenvalue weighted by molar-refractivity contribution is 5.43. The normalized spacial score (nSPS) is 23.3. The van der Waals surface area contributed by atoms with Crippen molar-refractivity contribution >= 4 is 0 Å². The first-order valence-electron chi connectivity index (χ1n) is 7.13. The van der Waals surface area contributed by atoms with Crippen molar-refractivity contribution in [3.63, 3.8) is 0 Å². The maximum Gasteiger partial charge on any atom is 0.161 e. The van der Waals surface area contributed by atoms with Gasteiger partial charge in [0, 0.05) is 6.04 Å². The van der Waals surface area contributed by atoms with Gasteiger partial charge < -0.3 is 19.9 Å². The lowest BCUT2D eigenvalue weighted by molar-refractivity contribution is 0.127. The Hall–Kier alpha value is -1.26. The first-order chi connectivity index (χ1) is 9.33. The minimum Gasteiger partial charge on any atom is -0.486 e. The molecule has 104 valence electrons. The predicted molar refractivity (Wildman–Crippen MR) is 72.8 cm³/mol. The van der Waals surface area contributed by atoms with Crippen molar-refractivity contribution in [1.82, 2.24) is 5.32 Å². The molecule has 2 aliphatic rings. The standard InChI is InChI=1S/C15H21NO3/c17-13(12-2-1-7-16-12)5-3-11-4-6-14-15(10-11)19-9-8-18-14/h4,6,10,12-13,16-17H,1-3,5,7-9H2. The van der Waals surface area contributed by atoms with E-state index in [1.807, 2.05) is 12.1 Å². The molecular weight excluding hydrogens is 242 g/mol. The van der Waals surface area contributed by atoms with Crippen LogP contribution in [0.15, 0.2) is 18.2 Å². The van der Waals surface area contributed by atoms with Crippen LogP contribution in [0.25, 0.3) is 0 Å². The molecule has 1 aromatic rings. The van der Waals surface area contributed by atoms with Gasteiger partial charge in [-0.25, -0.2) is 0 Å². The average molecular weight is 263 g/mol. The Bertz CT molecular complexity index is 429. The van der Waals surface area contributed by atoms with Crippen LogP contribution < -0.4 is 14.8 Å². The third-order valence-electron chi connectivity index (χ3n) is 3.90. The molecule has 0 radical (unpaired) electrons. The molecule has 2 N–H and O–H groups in total. The molecule has 4 heteroatoms. The quantitative estimate of drug-likeness (QED) is 0.864. The lowest BCUT2D eigenvalue weighted by Crippen LogP contribution is -2.34. The van der Waals surface area contributed by atoms with Crippen LogP contribution in [0, 0.1) is 0 Å². The molecule has 0 aliphatic carbocycles. The summed E-state index contributed by atoms with van der Waals surface area (Å²) in [5.41, 5.74) is 1.20. The van der Waals surface area contributed by atoms with Crippen molar-refractivity contribution in [2.24, 2.45) is 0 Å². The second-order valence-electron chi connectivity index (χ2n) is 5.29. The molecule has 4 nitrogen and oxygen atoms in total. The van der Waals surface area contributed by atoms with Crippen LogP contribution in [0.2, 0.25) is 0 Å². The van der Waals surface area contributed by atoms with Gasteiger partial charge in [-0.15, -0.1) is 0 Å². The van der Waals surface area contributed by atoms with Crippen LogP contribution in [0.4, 0.5) is 0 Å².